The molecule has 37 heavy (non-hydrogen) atoms. The number of aromatic hydroxyl groups is 2. The van der Waals surface area contributed by atoms with Crippen LogP contribution in [0.4, 0.5) is 0 Å². The van der Waals surface area contributed by atoms with E-state index >= 15 is 0 Å². The van der Waals surface area contributed by atoms with Crippen molar-refractivity contribution in [2.24, 2.45) is 10.8 Å². The molecule has 0 radical (unpaired) electrons. The van der Waals surface area contributed by atoms with Crippen LogP contribution < -0.4 is 4.40 Å². The van der Waals surface area contributed by atoms with Crippen LogP contribution in [0.3, 0.4) is 0 Å². The van der Waals surface area contributed by atoms with Crippen LogP contribution in [0.1, 0.15) is 113 Å². The third-order valence-corrected chi connectivity index (χ3v) is 11.1. The number of hydrogen-bond acceptors (Lipinski definition) is 3. The van der Waals surface area contributed by atoms with Gasteiger partial charge in [0, 0.05) is 0 Å². The number of rotatable bonds is 11. The van der Waals surface area contributed by atoms with E-state index in [9.17, 15) is 10.2 Å². The SMILES string of the molecule is CCCC[NH][Ni][SH](c1cc(C(C)(C)CC(C)(C)C)ccc1O)c1cc(C(C)(C)CC(C)(C)C)ccc1O. The van der Waals surface area contributed by atoms with Crippen LogP contribution in [0.5, 0.6) is 11.5 Å². The second-order valence-corrected chi connectivity index (χ2v) is 18.1. The van der Waals surface area contributed by atoms with E-state index in [1.54, 1.807) is 0 Å². The normalized spacial score (nSPS) is 13.8. The molecule has 0 heterocycles. The van der Waals surface area contributed by atoms with Crippen molar-refractivity contribution in [2.75, 3.05) is 6.54 Å². The van der Waals surface area contributed by atoms with E-state index in [0.29, 0.717) is 11.5 Å². The van der Waals surface area contributed by atoms with Gasteiger partial charge < -0.3 is 0 Å². The molecule has 5 heteroatoms. The Kier molecular flexibility index (Phi) is 10.7. The van der Waals surface area contributed by atoms with E-state index in [1.165, 1.54) is 24.7 Å². The number of hydrogen-bond donors (Lipinski definition) is 4. The maximum absolute atomic E-state index is 11.1. The molecule has 0 aliphatic heterocycles. The molecule has 0 spiro atoms. The van der Waals surface area contributed by atoms with Crippen LogP contribution in [-0.4, -0.2) is 16.8 Å². The summed E-state index contributed by atoms with van der Waals surface area (Å²) in [5, 5.41) is 22.3. The van der Waals surface area contributed by atoms with Crippen molar-refractivity contribution in [3.63, 3.8) is 0 Å². The summed E-state index contributed by atoms with van der Waals surface area (Å²) in [7, 11) is -1.08. The van der Waals surface area contributed by atoms with Crippen LogP contribution >= 0.6 is 9.41 Å². The Morgan fingerprint density at radius 2 is 1.11 bits per heavy atom. The first-order chi connectivity index (χ1) is 16.9. The standard InChI is InChI=1S/C28H42O2S.C4H10N.Ni/c1-25(2,3)17-27(7,8)19-11-13-21(29)23(15-19)31-24-16-20(12-14-22(24)30)28(9,10)18-26(4,5)6;1-2-3-4-5;/h11-16,29-30H,17-18H2,1-10H3;5H,2-4H2,1H3;/q;-1;/p+1. The fourth-order valence-corrected chi connectivity index (χ4v) is 9.90. The molecule has 0 aliphatic rings. The average molecular weight is 575 g/mol. The monoisotopic (exact) mass is 573 g/mol. The molecule has 0 saturated heterocycles. The first-order valence-electron chi connectivity index (χ1n) is 13.6. The van der Waals surface area contributed by atoms with E-state index in [0.717, 1.165) is 42.0 Å². The molecule has 2 aromatic rings. The van der Waals surface area contributed by atoms with Crippen molar-refractivity contribution < 1.29 is 23.8 Å². The van der Waals surface area contributed by atoms with Gasteiger partial charge in [-0.3, -0.25) is 0 Å². The summed E-state index contributed by atoms with van der Waals surface area (Å²) in [6.45, 7) is 25.9. The number of unbranched alkanes of at least 4 members (excludes halogenated alkanes) is 1. The summed E-state index contributed by atoms with van der Waals surface area (Å²) in [4.78, 5) is 1.83. The van der Waals surface area contributed by atoms with Gasteiger partial charge in [-0.1, -0.05) is 0 Å². The van der Waals surface area contributed by atoms with Crippen LogP contribution in [0.25, 0.3) is 0 Å². The second-order valence-electron chi connectivity index (χ2n) is 14.2. The molecular formula is C32H53NNiO2S. The number of phenolic OH excluding ortho intramolecular Hbond substituents is 2. The first-order valence-corrected chi connectivity index (χ1v) is 16.6. The molecule has 3 N–H and O–H groups in total. The molecule has 2 aromatic carbocycles. The summed E-state index contributed by atoms with van der Waals surface area (Å²) in [6, 6.07) is 12.2. The van der Waals surface area contributed by atoms with Gasteiger partial charge in [0.1, 0.15) is 0 Å². The van der Waals surface area contributed by atoms with Gasteiger partial charge in [-0.15, -0.1) is 0 Å². The minimum atomic E-state index is -1.08. The van der Waals surface area contributed by atoms with Gasteiger partial charge in [-0.2, -0.15) is 0 Å². The zero-order valence-electron chi connectivity index (χ0n) is 25.2. The Bertz CT molecular complexity index is 957. The van der Waals surface area contributed by atoms with Crippen LogP contribution in [0, 0.1) is 10.8 Å². The molecule has 0 atom stereocenters. The molecule has 0 unspecified atom stereocenters. The summed E-state index contributed by atoms with van der Waals surface area (Å²) in [5.74, 6) is 0.603. The molecule has 0 saturated carbocycles. The predicted octanol–water partition coefficient (Wildman–Crippen LogP) is 9.25. The molecule has 214 valence electrons. The fourth-order valence-electron chi connectivity index (χ4n) is 5.56. The van der Waals surface area contributed by atoms with Crippen molar-refractivity contribution >= 4 is 9.41 Å². The van der Waals surface area contributed by atoms with Crippen LogP contribution in [0.2, 0.25) is 0 Å². The van der Waals surface area contributed by atoms with Gasteiger partial charge in [0.15, 0.2) is 0 Å². The molecule has 0 fully saturated rings. The van der Waals surface area contributed by atoms with Gasteiger partial charge in [-0.25, -0.2) is 0 Å². The quantitative estimate of drug-likeness (QED) is 0.123. The Balaban J connectivity index is 2.63. The van der Waals surface area contributed by atoms with E-state index < -0.39 is 9.41 Å². The van der Waals surface area contributed by atoms with Crippen LogP contribution in [-0.2, 0) is 24.4 Å². The van der Waals surface area contributed by atoms with Gasteiger partial charge in [0.2, 0.25) is 0 Å². The van der Waals surface area contributed by atoms with Crippen molar-refractivity contribution in [1.29, 1.82) is 0 Å². The molecule has 0 aromatic heterocycles. The van der Waals surface area contributed by atoms with E-state index in [4.69, 9.17) is 0 Å². The molecule has 0 bridgehead atoms. The zero-order chi connectivity index (χ0) is 28.2. The average Bonchev–Trinajstić information content (AvgIpc) is 2.71. The van der Waals surface area contributed by atoms with Gasteiger partial charge in [-0.05, 0) is 0 Å². The maximum atomic E-state index is 11.1. The fraction of sp³-hybridized carbons (Fsp3) is 0.625. The topological polar surface area (TPSA) is 52.5 Å². The van der Waals surface area contributed by atoms with Crippen molar-refractivity contribution in [3.8, 4) is 11.5 Å². The Hall–Kier alpha value is -1.16. The zero-order valence-corrected chi connectivity index (χ0v) is 27.0. The van der Waals surface area contributed by atoms with Gasteiger partial charge in [0.05, 0.1) is 0 Å². The first kappa shape index (κ1) is 32.1. The van der Waals surface area contributed by atoms with Crippen molar-refractivity contribution in [1.82, 2.24) is 4.40 Å². The summed E-state index contributed by atoms with van der Waals surface area (Å²) >= 11 is 1.42. The number of thiol groups is 1. The summed E-state index contributed by atoms with van der Waals surface area (Å²) in [6.07, 6.45) is 4.29. The van der Waals surface area contributed by atoms with E-state index in [-0.39, 0.29) is 21.7 Å². The Morgan fingerprint density at radius 1 is 0.703 bits per heavy atom. The summed E-state index contributed by atoms with van der Waals surface area (Å²) in [5.41, 5.74) is 2.75. The third kappa shape index (κ3) is 9.52. The van der Waals surface area contributed by atoms with Crippen molar-refractivity contribution in [3.05, 3.63) is 47.5 Å². The molecule has 2 rings (SSSR count). The molecule has 3 nitrogen and oxygen atoms in total. The van der Waals surface area contributed by atoms with E-state index in [1.807, 2.05) is 12.1 Å². The molecule has 0 amide bonds. The van der Waals surface area contributed by atoms with Crippen LogP contribution in [0.15, 0.2) is 46.2 Å². The Morgan fingerprint density at radius 3 is 1.46 bits per heavy atom. The minimum absolute atomic E-state index is 0.0388. The van der Waals surface area contributed by atoms with Gasteiger partial charge >= 0.3 is 236 Å². The Labute approximate surface area is 235 Å². The second kappa shape index (κ2) is 12.4. The molecule has 0 aliphatic carbocycles. The predicted molar refractivity (Wildman–Crippen MR) is 159 cm³/mol. The summed E-state index contributed by atoms with van der Waals surface area (Å²) < 4.78 is 3.57. The molecular weight excluding hydrogens is 521 g/mol. The third-order valence-electron chi connectivity index (χ3n) is 6.58. The van der Waals surface area contributed by atoms with Crippen molar-refractivity contribution in [2.45, 2.75) is 122 Å². The van der Waals surface area contributed by atoms with E-state index in [2.05, 4.69) is 105 Å². The number of phenols is 2. The number of benzene rings is 2. The van der Waals surface area contributed by atoms with Gasteiger partial charge in [0.25, 0.3) is 0 Å². The number of nitrogens with one attached hydrogen (secondary N) is 1.